The predicted molar refractivity (Wildman–Crippen MR) is 59.6 cm³/mol. The molecule has 0 bridgehead atoms. The Balaban J connectivity index is 2.28. The first-order valence-corrected chi connectivity index (χ1v) is 5.62. The van der Waals surface area contributed by atoms with E-state index in [0.29, 0.717) is 24.1 Å². The molecule has 0 aromatic carbocycles. The summed E-state index contributed by atoms with van der Waals surface area (Å²) in [5.41, 5.74) is 1.05. The molecule has 1 aromatic rings. The van der Waals surface area contributed by atoms with Crippen molar-refractivity contribution in [1.29, 1.82) is 0 Å². The van der Waals surface area contributed by atoms with E-state index in [1.165, 1.54) is 4.68 Å². The fourth-order valence-electron chi connectivity index (χ4n) is 2.19. The minimum Gasteiger partial charge on any atom is -0.293 e. The number of Topliss-reactive ketones (excluding diaryl/α,β-unsaturated/α-hetero) is 3. The van der Waals surface area contributed by atoms with Crippen molar-refractivity contribution < 1.29 is 14.4 Å². The topological polar surface area (TPSA) is 69.0 Å². The van der Waals surface area contributed by atoms with E-state index in [9.17, 15) is 14.4 Å². The molecular weight excluding hydrogens is 220 g/mol. The first-order chi connectivity index (χ1) is 8.00. The number of hydrogen-bond donors (Lipinski definition) is 0. The minimum absolute atomic E-state index is 0.270. The number of carbonyl (C=O) groups is 3. The lowest BCUT2D eigenvalue weighted by atomic mass is 9.82. The summed E-state index contributed by atoms with van der Waals surface area (Å²) in [7, 11) is 1.72. The zero-order valence-corrected chi connectivity index (χ0v) is 9.90. The molecule has 0 aliphatic heterocycles. The average molecular weight is 234 g/mol. The van der Waals surface area contributed by atoms with Gasteiger partial charge in [-0.05, 0) is 19.8 Å². The maximum atomic E-state index is 12.2. The number of aromatic nitrogens is 2. The number of hydrogen-bond acceptors (Lipinski definition) is 4. The number of carbonyl (C=O) groups excluding carboxylic acids is 3. The van der Waals surface area contributed by atoms with Gasteiger partial charge in [-0.15, -0.1) is 0 Å². The smallest absolute Gasteiger partial charge is 0.209 e. The van der Waals surface area contributed by atoms with E-state index in [1.807, 2.05) is 0 Å². The van der Waals surface area contributed by atoms with Crippen LogP contribution in [0.25, 0.3) is 0 Å². The van der Waals surface area contributed by atoms with Crippen LogP contribution in [0.5, 0.6) is 0 Å². The van der Waals surface area contributed by atoms with E-state index < -0.39 is 17.5 Å². The van der Waals surface area contributed by atoms with E-state index in [0.717, 1.165) is 0 Å². The predicted octanol–water partition coefficient (Wildman–Crippen LogP) is 0.850. The highest BCUT2D eigenvalue weighted by Crippen LogP contribution is 2.23. The van der Waals surface area contributed by atoms with Gasteiger partial charge in [-0.25, -0.2) is 0 Å². The molecule has 1 atom stereocenters. The van der Waals surface area contributed by atoms with Crippen LogP contribution >= 0.6 is 0 Å². The third-order valence-corrected chi connectivity index (χ3v) is 3.08. The Bertz CT molecular complexity index is 502. The highest BCUT2D eigenvalue weighted by molar-refractivity contribution is 6.42. The van der Waals surface area contributed by atoms with Gasteiger partial charge in [0, 0.05) is 19.7 Å². The van der Waals surface area contributed by atoms with Crippen LogP contribution in [0.4, 0.5) is 0 Å². The van der Waals surface area contributed by atoms with Crippen molar-refractivity contribution in [2.24, 2.45) is 13.0 Å². The van der Waals surface area contributed by atoms with Crippen LogP contribution in [0.15, 0.2) is 6.20 Å². The maximum Gasteiger partial charge on any atom is 0.209 e. The molecule has 2 rings (SSSR count). The van der Waals surface area contributed by atoms with Crippen LogP contribution in [0.2, 0.25) is 0 Å². The van der Waals surface area contributed by atoms with Gasteiger partial charge in [0.05, 0.1) is 17.2 Å². The summed E-state index contributed by atoms with van der Waals surface area (Å²) in [6.45, 7) is 1.72. The zero-order chi connectivity index (χ0) is 12.6. The third kappa shape index (κ3) is 2.05. The summed E-state index contributed by atoms with van der Waals surface area (Å²) in [4.78, 5) is 35.1. The average Bonchev–Trinajstić information content (AvgIpc) is 2.61. The van der Waals surface area contributed by atoms with Gasteiger partial charge in [0.2, 0.25) is 5.78 Å². The van der Waals surface area contributed by atoms with Crippen LogP contribution in [0.1, 0.15) is 35.3 Å². The molecule has 1 heterocycles. The second-order valence-electron chi connectivity index (χ2n) is 4.40. The standard InChI is InChI=1S/C12H14N2O3/c1-7-9(6-14(2)13-7)11(16)8-4-3-5-10(15)12(8)17/h6,8H,3-5H2,1-2H3. The Morgan fingerprint density at radius 1 is 1.47 bits per heavy atom. The lowest BCUT2D eigenvalue weighted by Crippen LogP contribution is -2.34. The lowest BCUT2D eigenvalue weighted by Gasteiger charge is -2.17. The van der Waals surface area contributed by atoms with Crippen LogP contribution < -0.4 is 0 Å². The highest BCUT2D eigenvalue weighted by Gasteiger charge is 2.36. The normalized spacial score (nSPS) is 20.7. The molecule has 1 aliphatic carbocycles. The van der Waals surface area contributed by atoms with Crippen LogP contribution in [0.3, 0.4) is 0 Å². The van der Waals surface area contributed by atoms with Crippen LogP contribution in [-0.2, 0) is 16.6 Å². The van der Waals surface area contributed by atoms with Crippen LogP contribution in [0, 0.1) is 12.8 Å². The van der Waals surface area contributed by atoms with Gasteiger partial charge in [0.15, 0.2) is 11.6 Å². The second kappa shape index (κ2) is 4.24. The van der Waals surface area contributed by atoms with Crippen molar-refractivity contribution in [3.05, 3.63) is 17.5 Å². The molecule has 1 aromatic heterocycles. The van der Waals surface area contributed by atoms with Crippen molar-refractivity contribution in [3.63, 3.8) is 0 Å². The number of nitrogens with zero attached hydrogens (tertiary/aromatic N) is 2. The van der Waals surface area contributed by atoms with Gasteiger partial charge in [-0.3, -0.25) is 19.1 Å². The molecule has 0 spiro atoms. The lowest BCUT2D eigenvalue weighted by molar-refractivity contribution is -0.139. The molecule has 0 radical (unpaired) electrons. The molecular formula is C12H14N2O3. The number of rotatable bonds is 2. The second-order valence-corrected chi connectivity index (χ2v) is 4.40. The summed E-state index contributed by atoms with van der Waals surface area (Å²) in [6, 6.07) is 0. The number of aryl methyl sites for hydroxylation is 2. The Hall–Kier alpha value is -1.78. The van der Waals surface area contributed by atoms with Gasteiger partial charge in [-0.1, -0.05) is 0 Å². The van der Waals surface area contributed by atoms with Crippen molar-refractivity contribution in [3.8, 4) is 0 Å². The molecule has 1 aliphatic rings. The highest BCUT2D eigenvalue weighted by atomic mass is 16.2. The fourth-order valence-corrected chi connectivity index (χ4v) is 2.19. The fraction of sp³-hybridized carbons (Fsp3) is 0.500. The summed E-state index contributed by atoms with van der Waals surface area (Å²) in [5, 5.41) is 4.07. The van der Waals surface area contributed by atoms with Gasteiger partial charge >= 0.3 is 0 Å². The molecule has 1 fully saturated rings. The summed E-state index contributed by atoms with van der Waals surface area (Å²) in [5.74, 6) is -2.02. The monoisotopic (exact) mass is 234 g/mol. The Morgan fingerprint density at radius 2 is 2.18 bits per heavy atom. The molecule has 0 N–H and O–H groups in total. The largest absolute Gasteiger partial charge is 0.293 e. The summed E-state index contributed by atoms with van der Waals surface area (Å²) < 4.78 is 1.54. The molecule has 1 unspecified atom stereocenters. The van der Waals surface area contributed by atoms with E-state index in [-0.39, 0.29) is 12.2 Å². The van der Waals surface area contributed by atoms with E-state index in [4.69, 9.17) is 0 Å². The van der Waals surface area contributed by atoms with Gasteiger partial charge in [0.25, 0.3) is 0 Å². The molecule has 5 nitrogen and oxygen atoms in total. The van der Waals surface area contributed by atoms with Crippen molar-refractivity contribution in [2.75, 3.05) is 0 Å². The molecule has 90 valence electrons. The Kier molecular flexibility index (Phi) is 2.92. The van der Waals surface area contributed by atoms with Crippen molar-refractivity contribution in [2.45, 2.75) is 26.2 Å². The third-order valence-electron chi connectivity index (χ3n) is 3.08. The maximum absolute atomic E-state index is 12.2. The molecule has 17 heavy (non-hydrogen) atoms. The van der Waals surface area contributed by atoms with E-state index >= 15 is 0 Å². The van der Waals surface area contributed by atoms with Crippen molar-refractivity contribution >= 4 is 17.3 Å². The first-order valence-electron chi connectivity index (χ1n) is 5.62. The zero-order valence-electron chi connectivity index (χ0n) is 9.90. The SMILES string of the molecule is Cc1nn(C)cc1C(=O)C1CCCC(=O)C1=O. The van der Waals surface area contributed by atoms with E-state index in [2.05, 4.69) is 5.10 Å². The van der Waals surface area contributed by atoms with Gasteiger partial charge in [0.1, 0.15) is 0 Å². The van der Waals surface area contributed by atoms with Gasteiger partial charge < -0.3 is 0 Å². The summed E-state index contributed by atoms with van der Waals surface area (Å²) in [6.07, 6.45) is 2.96. The quantitative estimate of drug-likeness (QED) is 0.432. The van der Waals surface area contributed by atoms with E-state index in [1.54, 1.807) is 20.2 Å². The summed E-state index contributed by atoms with van der Waals surface area (Å²) >= 11 is 0. The van der Waals surface area contributed by atoms with Crippen molar-refractivity contribution in [1.82, 2.24) is 9.78 Å². The molecule has 5 heteroatoms. The molecule has 0 amide bonds. The molecule has 0 saturated heterocycles. The minimum atomic E-state index is -0.792. The Labute approximate surface area is 98.8 Å². The molecule has 1 saturated carbocycles. The Morgan fingerprint density at radius 3 is 2.76 bits per heavy atom. The first kappa shape index (κ1) is 11.7. The van der Waals surface area contributed by atoms with Gasteiger partial charge in [-0.2, -0.15) is 5.10 Å². The number of ketones is 3. The van der Waals surface area contributed by atoms with Crippen LogP contribution in [-0.4, -0.2) is 27.1 Å².